The minimum absolute atomic E-state index is 0.00488. The number of aliphatic carboxylic acids is 1. The average molecular weight is 292 g/mol. The summed E-state index contributed by atoms with van der Waals surface area (Å²) in [5.41, 5.74) is 6.12. The van der Waals surface area contributed by atoms with Crippen LogP contribution in [0.25, 0.3) is 0 Å². The molecule has 116 valence electrons. The van der Waals surface area contributed by atoms with Crippen molar-refractivity contribution in [3.8, 4) is 0 Å². The van der Waals surface area contributed by atoms with E-state index in [1.807, 2.05) is 26.0 Å². The summed E-state index contributed by atoms with van der Waals surface area (Å²) in [4.78, 5) is 23.4. The third-order valence-electron chi connectivity index (χ3n) is 3.63. The Bertz CT molecular complexity index is 499. The Labute approximate surface area is 125 Å². The van der Waals surface area contributed by atoms with Gasteiger partial charge in [0.1, 0.15) is 5.54 Å². The van der Waals surface area contributed by atoms with Crippen LogP contribution in [-0.2, 0) is 9.59 Å². The third-order valence-corrected chi connectivity index (χ3v) is 3.63. The monoisotopic (exact) mass is 292 g/mol. The van der Waals surface area contributed by atoms with Gasteiger partial charge in [0.2, 0.25) is 5.91 Å². The lowest BCUT2D eigenvalue weighted by molar-refractivity contribution is -0.147. The lowest BCUT2D eigenvalue weighted by Crippen LogP contribution is -2.52. The molecule has 0 spiro atoms. The molecule has 0 aromatic heterocycles. The quantitative estimate of drug-likeness (QED) is 0.673. The fourth-order valence-corrected chi connectivity index (χ4v) is 2.30. The molecule has 1 amide bonds. The predicted octanol–water partition coefficient (Wildman–Crippen LogP) is 2.52. The van der Waals surface area contributed by atoms with Crippen molar-refractivity contribution in [1.29, 1.82) is 0 Å². The summed E-state index contributed by atoms with van der Waals surface area (Å²) in [6.07, 6.45) is 1.34. The minimum atomic E-state index is -1.20. The van der Waals surface area contributed by atoms with E-state index >= 15 is 0 Å². The number of nitrogen functional groups attached to an aromatic ring is 1. The molecule has 0 bridgehead atoms. The number of hydrogen-bond acceptors (Lipinski definition) is 3. The molecule has 2 unspecified atom stereocenters. The van der Waals surface area contributed by atoms with Crippen molar-refractivity contribution in [2.24, 2.45) is 0 Å². The van der Waals surface area contributed by atoms with Crippen LogP contribution in [0.15, 0.2) is 24.3 Å². The van der Waals surface area contributed by atoms with E-state index in [1.54, 1.807) is 19.1 Å². The van der Waals surface area contributed by atoms with Crippen LogP contribution in [0.4, 0.5) is 5.69 Å². The van der Waals surface area contributed by atoms with Crippen molar-refractivity contribution < 1.29 is 14.7 Å². The molecule has 0 aliphatic carbocycles. The van der Waals surface area contributed by atoms with Crippen LogP contribution < -0.4 is 11.1 Å². The molecule has 21 heavy (non-hydrogen) atoms. The van der Waals surface area contributed by atoms with Gasteiger partial charge in [-0.15, -0.1) is 0 Å². The number of nitrogens with one attached hydrogen (secondary N) is 1. The highest BCUT2D eigenvalue weighted by Crippen LogP contribution is 2.21. The molecule has 1 rings (SSSR count). The van der Waals surface area contributed by atoms with E-state index in [1.165, 1.54) is 0 Å². The highest BCUT2D eigenvalue weighted by atomic mass is 16.4. The van der Waals surface area contributed by atoms with E-state index < -0.39 is 11.5 Å². The van der Waals surface area contributed by atoms with Gasteiger partial charge in [0.25, 0.3) is 0 Å². The van der Waals surface area contributed by atoms with Gasteiger partial charge in [-0.25, -0.2) is 4.79 Å². The highest BCUT2D eigenvalue weighted by molar-refractivity contribution is 5.86. The minimum Gasteiger partial charge on any atom is -0.480 e. The molecule has 5 nitrogen and oxygen atoms in total. The van der Waals surface area contributed by atoms with E-state index in [-0.39, 0.29) is 18.2 Å². The normalized spacial score (nSPS) is 15.0. The molecule has 0 aliphatic rings. The van der Waals surface area contributed by atoms with Crippen LogP contribution in [0.3, 0.4) is 0 Å². The van der Waals surface area contributed by atoms with Gasteiger partial charge in [-0.05, 0) is 37.0 Å². The molecule has 0 saturated carbocycles. The summed E-state index contributed by atoms with van der Waals surface area (Å²) in [6.45, 7) is 5.37. The zero-order valence-corrected chi connectivity index (χ0v) is 12.8. The summed E-state index contributed by atoms with van der Waals surface area (Å²) in [6, 6.07) is 7.36. The van der Waals surface area contributed by atoms with Crippen molar-refractivity contribution in [3.05, 3.63) is 29.8 Å². The lowest BCUT2D eigenvalue weighted by Gasteiger charge is -2.26. The standard InChI is InChI=1S/C16H24N2O3/c1-4-9-16(3,15(20)21)18-14(19)10-11(2)12-5-7-13(17)8-6-12/h5-8,11H,4,9-10,17H2,1-3H3,(H,18,19)(H,20,21). The van der Waals surface area contributed by atoms with Gasteiger partial charge in [-0.3, -0.25) is 4.79 Å². The van der Waals surface area contributed by atoms with Gasteiger partial charge in [-0.2, -0.15) is 0 Å². The number of anilines is 1. The maximum Gasteiger partial charge on any atom is 0.329 e. The molecular weight excluding hydrogens is 268 g/mol. The first-order valence-electron chi connectivity index (χ1n) is 7.18. The number of nitrogens with two attached hydrogens (primary N) is 1. The first kappa shape index (κ1) is 17.0. The Morgan fingerprint density at radius 1 is 1.33 bits per heavy atom. The lowest BCUT2D eigenvalue weighted by atomic mass is 9.93. The fraction of sp³-hybridized carbons (Fsp3) is 0.500. The van der Waals surface area contributed by atoms with Crippen LogP contribution in [0.2, 0.25) is 0 Å². The van der Waals surface area contributed by atoms with Crippen LogP contribution in [-0.4, -0.2) is 22.5 Å². The maximum atomic E-state index is 12.1. The van der Waals surface area contributed by atoms with Gasteiger partial charge in [-0.1, -0.05) is 32.4 Å². The van der Waals surface area contributed by atoms with Crippen LogP contribution in [0, 0.1) is 0 Å². The second-order valence-electron chi connectivity index (χ2n) is 5.71. The molecule has 0 heterocycles. The number of rotatable bonds is 7. The topological polar surface area (TPSA) is 92.4 Å². The first-order valence-corrected chi connectivity index (χ1v) is 7.18. The number of hydrogen-bond donors (Lipinski definition) is 3. The Hall–Kier alpha value is -2.04. The molecule has 1 aromatic carbocycles. The van der Waals surface area contributed by atoms with Gasteiger partial charge in [0.05, 0.1) is 0 Å². The van der Waals surface area contributed by atoms with Gasteiger partial charge in [0, 0.05) is 12.1 Å². The van der Waals surface area contributed by atoms with Crippen molar-refractivity contribution in [3.63, 3.8) is 0 Å². The van der Waals surface area contributed by atoms with E-state index in [9.17, 15) is 14.7 Å². The second kappa shape index (κ2) is 7.11. The first-order chi connectivity index (χ1) is 9.78. The van der Waals surface area contributed by atoms with Crippen LogP contribution in [0.1, 0.15) is 51.5 Å². The molecule has 0 saturated heterocycles. The van der Waals surface area contributed by atoms with E-state index in [2.05, 4.69) is 5.32 Å². The predicted molar refractivity (Wildman–Crippen MR) is 83.0 cm³/mol. The summed E-state index contributed by atoms with van der Waals surface area (Å²) in [5.74, 6) is -1.25. The molecule has 0 radical (unpaired) electrons. The number of carbonyl (C=O) groups excluding carboxylic acids is 1. The van der Waals surface area contributed by atoms with Crippen molar-refractivity contribution in [1.82, 2.24) is 5.32 Å². The van der Waals surface area contributed by atoms with Crippen LogP contribution in [0.5, 0.6) is 0 Å². The average Bonchev–Trinajstić information content (AvgIpc) is 2.39. The molecule has 1 aromatic rings. The smallest absolute Gasteiger partial charge is 0.329 e. The largest absolute Gasteiger partial charge is 0.480 e. The molecule has 5 heteroatoms. The van der Waals surface area contributed by atoms with Gasteiger partial charge < -0.3 is 16.2 Å². The van der Waals surface area contributed by atoms with Crippen molar-refractivity contribution in [2.45, 2.75) is 51.5 Å². The van der Waals surface area contributed by atoms with Gasteiger partial charge >= 0.3 is 5.97 Å². The molecule has 0 aliphatic heterocycles. The summed E-state index contributed by atoms with van der Waals surface area (Å²) < 4.78 is 0. The number of amides is 1. The number of carbonyl (C=O) groups is 2. The Morgan fingerprint density at radius 3 is 2.38 bits per heavy atom. The van der Waals surface area contributed by atoms with Crippen molar-refractivity contribution >= 4 is 17.6 Å². The van der Waals surface area contributed by atoms with E-state index in [0.717, 1.165) is 5.56 Å². The summed E-state index contributed by atoms with van der Waals surface area (Å²) in [7, 11) is 0. The fourth-order valence-electron chi connectivity index (χ4n) is 2.30. The highest BCUT2D eigenvalue weighted by Gasteiger charge is 2.33. The molecule has 2 atom stereocenters. The van der Waals surface area contributed by atoms with E-state index in [4.69, 9.17) is 5.73 Å². The number of carboxylic acids is 1. The van der Waals surface area contributed by atoms with Gasteiger partial charge in [0.15, 0.2) is 0 Å². The molecular formula is C16H24N2O3. The van der Waals surface area contributed by atoms with E-state index in [0.29, 0.717) is 18.5 Å². The second-order valence-corrected chi connectivity index (χ2v) is 5.71. The zero-order valence-electron chi connectivity index (χ0n) is 12.8. The van der Waals surface area contributed by atoms with Crippen molar-refractivity contribution in [2.75, 3.05) is 5.73 Å². The third kappa shape index (κ3) is 4.77. The summed E-state index contributed by atoms with van der Waals surface area (Å²) >= 11 is 0. The zero-order chi connectivity index (χ0) is 16.0. The Kier molecular flexibility index (Phi) is 5.76. The molecule has 4 N–H and O–H groups in total. The Balaban J connectivity index is 2.67. The molecule has 0 fully saturated rings. The number of benzene rings is 1. The Morgan fingerprint density at radius 2 is 1.90 bits per heavy atom. The maximum absolute atomic E-state index is 12.1. The summed E-state index contributed by atoms with van der Waals surface area (Å²) in [5, 5.41) is 11.9. The number of carboxylic acid groups (broad SMARTS) is 1. The SMILES string of the molecule is CCCC(C)(NC(=O)CC(C)c1ccc(N)cc1)C(=O)O. The van der Waals surface area contributed by atoms with Crippen LogP contribution >= 0.6 is 0 Å².